The van der Waals surface area contributed by atoms with Crippen LogP contribution in [0, 0.1) is 5.92 Å². The summed E-state index contributed by atoms with van der Waals surface area (Å²) in [6.07, 6.45) is 5.24. The molecule has 0 fully saturated rings. The summed E-state index contributed by atoms with van der Waals surface area (Å²) >= 11 is 0. The number of hydrogen-bond donors (Lipinski definition) is 2. The molecule has 1 unspecified atom stereocenters. The van der Waals surface area contributed by atoms with E-state index in [9.17, 15) is 14.4 Å². The molecule has 0 amide bonds. The minimum atomic E-state index is -3.87. The maximum atomic E-state index is 11.2. The van der Waals surface area contributed by atoms with Crippen LogP contribution in [0.25, 0.3) is 0 Å². The lowest BCUT2D eigenvalue weighted by Crippen LogP contribution is -2.09. The van der Waals surface area contributed by atoms with Crippen molar-refractivity contribution in [3.63, 3.8) is 0 Å². The molecule has 2 N–H and O–H groups in total. The van der Waals surface area contributed by atoms with Crippen LogP contribution in [-0.2, 0) is 4.57 Å². The molecule has 0 aromatic rings. The fraction of sp³-hybridized carbons (Fsp3) is 1.00. The van der Waals surface area contributed by atoms with Crippen LogP contribution >= 0.6 is 7.60 Å². The molecule has 0 heterocycles. The first-order valence-corrected chi connectivity index (χ1v) is 7.61. The van der Waals surface area contributed by atoms with E-state index in [-0.39, 0.29) is 0 Å². The smallest absolute Gasteiger partial charge is 0.324 e. The summed E-state index contributed by atoms with van der Waals surface area (Å²) in [6.45, 7) is 6.32. The van der Waals surface area contributed by atoms with E-state index in [1.54, 1.807) is 0 Å². The van der Waals surface area contributed by atoms with Crippen LogP contribution in [0.15, 0.2) is 0 Å². The highest BCUT2D eigenvalue weighted by Gasteiger charge is 2.27. The maximum absolute atomic E-state index is 11.2. The van der Waals surface area contributed by atoms with Crippen LogP contribution < -0.4 is 0 Å². The van der Waals surface area contributed by atoms with Crippen molar-refractivity contribution in [3.05, 3.63) is 0 Å². The molecule has 0 aliphatic carbocycles. The van der Waals surface area contributed by atoms with E-state index in [1.165, 1.54) is 0 Å². The van der Waals surface area contributed by atoms with Gasteiger partial charge in [-0.2, -0.15) is 0 Å². The molecule has 0 aromatic heterocycles. The summed E-state index contributed by atoms with van der Waals surface area (Å²) in [6, 6.07) is 0. The SMILES string of the molecule is CCCCC(CCCC(C)C)P(=O)(O)O. The number of hydrogen-bond acceptors (Lipinski definition) is 1. The Morgan fingerprint density at radius 3 is 2.00 bits per heavy atom. The lowest BCUT2D eigenvalue weighted by molar-refractivity contribution is 0.345. The molecule has 0 aliphatic heterocycles. The van der Waals surface area contributed by atoms with E-state index < -0.39 is 13.3 Å². The van der Waals surface area contributed by atoms with Crippen LogP contribution in [0.3, 0.4) is 0 Å². The van der Waals surface area contributed by atoms with Crippen molar-refractivity contribution in [2.24, 2.45) is 5.92 Å². The minimum absolute atomic E-state index is 0.406. The first kappa shape index (κ1) is 15.2. The molecule has 0 radical (unpaired) electrons. The Labute approximate surface area is 93.4 Å². The fourth-order valence-electron chi connectivity index (χ4n) is 1.68. The lowest BCUT2D eigenvalue weighted by Gasteiger charge is -2.18. The van der Waals surface area contributed by atoms with Crippen LogP contribution in [0.5, 0.6) is 0 Å². The number of unbranched alkanes of at least 4 members (excludes halogenated alkanes) is 1. The average Bonchev–Trinajstić information content (AvgIpc) is 2.08. The molecule has 3 nitrogen and oxygen atoms in total. The average molecular weight is 236 g/mol. The second-order valence-corrected chi connectivity index (χ2v) is 6.62. The van der Waals surface area contributed by atoms with E-state index in [1.807, 2.05) is 6.92 Å². The van der Waals surface area contributed by atoms with Gasteiger partial charge in [0.1, 0.15) is 0 Å². The molecule has 0 bridgehead atoms. The zero-order chi connectivity index (χ0) is 11.9. The van der Waals surface area contributed by atoms with Gasteiger partial charge < -0.3 is 9.79 Å². The van der Waals surface area contributed by atoms with Gasteiger partial charge in [-0.25, -0.2) is 0 Å². The van der Waals surface area contributed by atoms with E-state index >= 15 is 0 Å². The van der Waals surface area contributed by atoms with Gasteiger partial charge in [-0.15, -0.1) is 0 Å². The summed E-state index contributed by atoms with van der Waals surface area (Å²) in [4.78, 5) is 18.4. The standard InChI is InChI=1S/C11H25O3P/c1-4-5-8-11(15(12,13)14)9-6-7-10(2)3/h10-11H,4-9H2,1-3H3,(H2,12,13,14). The van der Waals surface area contributed by atoms with E-state index in [0.717, 1.165) is 25.7 Å². The van der Waals surface area contributed by atoms with Gasteiger partial charge in [-0.05, 0) is 18.8 Å². The molecule has 0 saturated heterocycles. The third-order valence-electron chi connectivity index (χ3n) is 2.69. The van der Waals surface area contributed by atoms with Crippen molar-refractivity contribution in [3.8, 4) is 0 Å². The lowest BCUT2D eigenvalue weighted by atomic mass is 10.0. The zero-order valence-electron chi connectivity index (χ0n) is 10.1. The van der Waals surface area contributed by atoms with Gasteiger partial charge in [0.2, 0.25) is 0 Å². The van der Waals surface area contributed by atoms with E-state index in [0.29, 0.717) is 18.8 Å². The highest BCUT2D eigenvalue weighted by molar-refractivity contribution is 7.52. The molecule has 0 rings (SSSR count). The quantitative estimate of drug-likeness (QED) is 0.633. The first-order chi connectivity index (χ1) is 6.88. The summed E-state index contributed by atoms with van der Waals surface area (Å²) in [5, 5.41) is 0. The third-order valence-corrected chi connectivity index (χ3v) is 4.15. The van der Waals surface area contributed by atoms with Gasteiger partial charge in [-0.1, -0.05) is 46.5 Å². The minimum Gasteiger partial charge on any atom is -0.324 e. The molecule has 15 heavy (non-hydrogen) atoms. The van der Waals surface area contributed by atoms with Gasteiger partial charge >= 0.3 is 7.60 Å². The Morgan fingerprint density at radius 2 is 1.60 bits per heavy atom. The second-order valence-electron chi connectivity index (χ2n) is 4.71. The Kier molecular flexibility index (Phi) is 7.50. The van der Waals surface area contributed by atoms with Crippen LogP contribution in [0.4, 0.5) is 0 Å². The molecule has 92 valence electrons. The van der Waals surface area contributed by atoms with Gasteiger partial charge in [-0.3, -0.25) is 4.57 Å². The Balaban J connectivity index is 3.97. The van der Waals surface area contributed by atoms with Crippen molar-refractivity contribution in [2.75, 3.05) is 0 Å². The third kappa shape index (κ3) is 8.01. The monoisotopic (exact) mass is 236 g/mol. The highest BCUT2D eigenvalue weighted by atomic mass is 31.2. The van der Waals surface area contributed by atoms with Crippen molar-refractivity contribution in [1.29, 1.82) is 0 Å². The normalized spacial score (nSPS) is 14.5. The molecule has 0 saturated carbocycles. The Morgan fingerprint density at radius 1 is 1.07 bits per heavy atom. The molecule has 0 aromatic carbocycles. The summed E-state index contributed by atoms with van der Waals surface area (Å²) in [5.74, 6) is 0.619. The summed E-state index contributed by atoms with van der Waals surface area (Å²) in [5.41, 5.74) is -0.406. The van der Waals surface area contributed by atoms with Gasteiger partial charge in [0.05, 0.1) is 5.66 Å². The first-order valence-electron chi connectivity index (χ1n) is 5.93. The van der Waals surface area contributed by atoms with Crippen molar-refractivity contribution < 1.29 is 14.4 Å². The Hall–Kier alpha value is 0.150. The zero-order valence-corrected chi connectivity index (χ0v) is 11.0. The van der Waals surface area contributed by atoms with Gasteiger partial charge in [0.25, 0.3) is 0 Å². The predicted octanol–water partition coefficient (Wildman–Crippen LogP) is 3.55. The summed E-state index contributed by atoms with van der Waals surface area (Å²) < 4.78 is 11.2. The Bertz CT molecular complexity index is 198. The van der Waals surface area contributed by atoms with Gasteiger partial charge in [0.15, 0.2) is 0 Å². The molecule has 4 heteroatoms. The molecular formula is C11H25O3P. The van der Waals surface area contributed by atoms with Crippen LogP contribution in [0.2, 0.25) is 0 Å². The molecule has 0 aliphatic rings. The predicted molar refractivity (Wildman–Crippen MR) is 64.0 cm³/mol. The maximum Gasteiger partial charge on any atom is 0.328 e. The molecular weight excluding hydrogens is 211 g/mol. The van der Waals surface area contributed by atoms with E-state index in [4.69, 9.17) is 0 Å². The second kappa shape index (κ2) is 7.43. The van der Waals surface area contributed by atoms with Crippen LogP contribution in [0.1, 0.15) is 59.3 Å². The fourth-order valence-corrected chi connectivity index (χ4v) is 2.72. The van der Waals surface area contributed by atoms with Crippen molar-refractivity contribution in [2.45, 2.75) is 65.0 Å². The highest BCUT2D eigenvalue weighted by Crippen LogP contribution is 2.46. The topological polar surface area (TPSA) is 57.5 Å². The van der Waals surface area contributed by atoms with E-state index in [2.05, 4.69) is 13.8 Å². The molecule has 0 spiro atoms. The summed E-state index contributed by atoms with van der Waals surface area (Å²) in [7, 11) is -3.87. The largest absolute Gasteiger partial charge is 0.328 e. The molecule has 1 atom stereocenters. The van der Waals surface area contributed by atoms with Crippen molar-refractivity contribution >= 4 is 7.60 Å². The van der Waals surface area contributed by atoms with Crippen molar-refractivity contribution in [1.82, 2.24) is 0 Å². The van der Waals surface area contributed by atoms with Gasteiger partial charge in [0, 0.05) is 0 Å². The van der Waals surface area contributed by atoms with Crippen LogP contribution in [-0.4, -0.2) is 15.4 Å². The number of rotatable bonds is 8.